The van der Waals surface area contributed by atoms with Crippen LogP contribution in [0.3, 0.4) is 0 Å². The molecule has 0 saturated heterocycles. The smallest absolute Gasteiger partial charge is 0.178 e. The number of carbonyl (C=O) groups excluding carboxylic acids is 1. The monoisotopic (exact) mass is 249 g/mol. The van der Waals surface area contributed by atoms with E-state index in [1.807, 2.05) is 29.6 Å². The number of methoxy groups -OCH3 is 1. The molecule has 0 aliphatic heterocycles. The van der Waals surface area contributed by atoms with Gasteiger partial charge in [0.15, 0.2) is 5.78 Å². The van der Waals surface area contributed by atoms with Crippen LogP contribution in [0.2, 0.25) is 0 Å². The minimum absolute atomic E-state index is 0.133. The molecule has 0 aliphatic rings. The summed E-state index contributed by atoms with van der Waals surface area (Å²) in [6.07, 6.45) is 0. The maximum Gasteiger partial charge on any atom is 0.178 e. The Labute approximate surface area is 104 Å². The fraction of sp³-hybridized carbons (Fsp3) is 0.308. The summed E-state index contributed by atoms with van der Waals surface area (Å²) in [6.45, 7) is 1.68. The highest BCUT2D eigenvalue weighted by atomic mass is 32.1. The standard InChI is InChI=1S/C13H15NO2S/c1-16-7-6-14-9-12(15)11-4-2-3-10-5-8-17-13(10)11/h2-5,8,14H,6-7,9H2,1H3. The fourth-order valence-electron chi connectivity index (χ4n) is 1.68. The average Bonchev–Trinajstić information content (AvgIpc) is 2.82. The molecule has 0 bridgehead atoms. The van der Waals surface area contributed by atoms with Crippen molar-refractivity contribution in [3.05, 3.63) is 35.2 Å². The Hall–Kier alpha value is -1.23. The van der Waals surface area contributed by atoms with Gasteiger partial charge >= 0.3 is 0 Å². The van der Waals surface area contributed by atoms with E-state index in [9.17, 15) is 4.79 Å². The number of ether oxygens (including phenoxy) is 1. The van der Waals surface area contributed by atoms with Crippen molar-refractivity contribution < 1.29 is 9.53 Å². The van der Waals surface area contributed by atoms with E-state index in [2.05, 4.69) is 5.32 Å². The van der Waals surface area contributed by atoms with Crippen LogP contribution in [-0.2, 0) is 4.74 Å². The zero-order valence-corrected chi connectivity index (χ0v) is 10.5. The van der Waals surface area contributed by atoms with Crippen LogP contribution in [0.1, 0.15) is 10.4 Å². The number of ketones is 1. The van der Waals surface area contributed by atoms with Crippen LogP contribution in [0.5, 0.6) is 0 Å². The number of thiophene rings is 1. The molecular formula is C13H15NO2S. The van der Waals surface area contributed by atoms with Crippen molar-refractivity contribution in [2.45, 2.75) is 0 Å². The average molecular weight is 249 g/mol. The number of carbonyl (C=O) groups is 1. The zero-order chi connectivity index (χ0) is 12.1. The lowest BCUT2D eigenvalue weighted by Gasteiger charge is -2.04. The van der Waals surface area contributed by atoms with Crippen molar-refractivity contribution in [3.63, 3.8) is 0 Å². The Morgan fingerprint density at radius 1 is 1.41 bits per heavy atom. The number of fused-ring (bicyclic) bond motifs is 1. The van der Waals surface area contributed by atoms with Gasteiger partial charge in [0.05, 0.1) is 13.2 Å². The molecule has 0 unspecified atom stereocenters. The van der Waals surface area contributed by atoms with Gasteiger partial charge in [0.2, 0.25) is 0 Å². The largest absolute Gasteiger partial charge is 0.383 e. The van der Waals surface area contributed by atoms with Gasteiger partial charge in [-0.1, -0.05) is 12.1 Å². The first-order valence-corrected chi connectivity index (χ1v) is 6.40. The fourth-order valence-corrected chi connectivity index (χ4v) is 2.62. The Balaban J connectivity index is 2.06. The highest BCUT2D eigenvalue weighted by Crippen LogP contribution is 2.24. The van der Waals surface area contributed by atoms with Crippen molar-refractivity contribution in [2.24, 2.45) is 0 Å². The van der Waals surface area contributed by atoms with Crippen LogP contribution in [0.4, 0.5) is 0 Å². The molecule has 3 nitrogen and oxygen atoms in total. The van der Waals surface area contributed by atoms with Gasteiger partial charge < -0.3 is 10.1 Å². The van der Waals surface area contributed by atoms with E-state index in [0.717, 1.165) is 15.6 Å². The summed E-state index contributed by atoms with van der Waals surface area (Å²) < 4.78 is 5.99. The molecule has 4 heteroatoms. The van der Waals surface area contributed by atoms with Crippen molar-refractivity contribution in [2.75, 3.05) is 26.8 Å². The highest BCUT2D eigenvalue weighted by Gasteiger charge is 2.09. The van der Waals surface area contributed by atoms with E-state index in [1.54, 1.807) is 18.4 Å². The Morgan fingerprint density at radius 2 is 2.29 bits per heavy atom. The molecule has 0 aliphatic carbocycles. The first-order chi connectivity index (χ1) is 8.33. The van der Waals surface area contributed by atoms with Crippen LogP contribution in [0.25, 0.3) is 10.1 Å². The van der Waals surface area contributed by atoms with Crippen molar-refractivity contribution in [1.82, 2.24) is 5.32 Å². The minimum atomic E-state index is 0.133. The van der Waals surface area contributed by atoms with Gasteiger partial charge in [0.25, 0.3) is 0 Å². The zero-order valence-electron chi connectivity index (χ0n) is 9.73. The van der Waals surface area contributed by atoms with Crippen molar-refractivity contribution in [1.29, 1.82) is 0 Å². The SMILES string of the molecule is COCCNCC(=O)c1cccc2ccsc12. The molecule has 0 saturated carbocycles. The number of hydrogen-bond acceptors (Lipinski definition) is 4. The van der Waals surface area contributed by atoms with E-state index >= 15 is 0 Å². The van der Waals surface area contributed by atoms with Crippen LogP contribution >= 0.6 is 11.3 Å². The van der Waals surface area contributed by atoms with E-state index in [4.69, 9.17) is 4.74 Å². The van der Waals surface area contributed by atoms with Crippen LogP contribution in [-0.4, -0.2) is 32.6 Å². The maximum absolute atomic E-state index is 12.0. The molecule has 0 atom stereocenters. The molecule has 1 aromatic heterocycles. The van der Waals surface area contributed by atoms with E-state index in [-0.39, 0.29) is 5.78 Å². The number of nitrogens with one attached hydrogen (secondary N) is 1. The number of hydrogen-bond donors (Lipinski definition) is 1. The normalized spacial score (nSPS) is 10.9. The first kappa shape index (κ1) is 12.2. The summed E-state index contributed by atoms with van der Waals surface area (Å²) in [6, 6.07) is 7.88. The van der Waals surface area contributed by atoms with Gasteiger partial charge in [-0.05, 0) is 22.9 Å². The lowest BCUT2D eigenvalue weighted by molar-refractivity contribution is 0.0989. The third-order valence-electron chi connectivity index (χ3n) is 2.55. The summed E-state index contributed by atoms with van der Waals surface area (Å²) in [4.78, 5) is 12.0. The van der Waals surface area contributed by atoms with Crippen molar-refractivity contribution >= 4 is 27.2 Å². The third-order valence-corrected chi connectivity index (χ3v) is 3.51. The molecule has 1 heterocycles. The van der Waals surface area contributed by atoms with Gasteiger partial charge in [0.1, 0.15) is 0 Å². The minimum Gasteiger partial charge on any atom is -0.383 e. The van der Waals surface area contributed by atoms with Crippen LogP contribution in [0.15, 0.2) is 29.6 Å². The molecule has 2 aromatic rings. The van der Waals surface area contributed by atoms with Crippen LogP contribution < -0.4 is 5.32 Å². The third kappa shape index (κ3) is 2.91. The number of Topliss-reactive ketones (excluding diaryl/α,β-unsaturated/α-hetero) is 1. The molecule has 1 aromatic carbocycles. The Kier molecular flexibility index (Phi) is 4.25. The lowest BCUT2D eigenvalue weighted by atomic mass is 10.1. The molecule has 1 N–H and O–H groups in total. The predicted octanol–water partition coefficient (Wildman–Crippen LogP) is 2.32. The van der Waals surface area contributed by atoms with Crippen molar-refractivity contribution in [3.8, 4) is 0 Å². The molecular weight excluding hydrogens is 234 g/mol. The first-order valence-electron chi connectivity index (χ1n) is 5.52. The Morgan fingerprint density at radius 3 is 3.12 bits per heavy atom. The second-order valence-electron chi connectivity index (χ2n) is 3.74. The summed E-state index contributed by atoms with van der Waals surface area (Å²) in [5.74, 6) is 0.133. The second-order valence-corrected chi connectivity index (χ2v) is 4.65. The molecule has 0 fully saturated rings. The van der Waals surface area contributed by atoms with Gasteiger partial charge in [-0.15, -0.1) is 11.3 Å². The van der Waals surface area contributed by atoms with Gasteiger partial charge in [-0.3, -0.25) is 4.79 Å². The predicted molar refractivity (Wildman–Crippen MR) is 70.9 cm³/mol. The Bertz CT molecular complexity index is 507. The summed E-state index contributed by atoms with van der Waals surface area (Å²) >= 11 is 1.61. The van der Waals surface area contributed by atoms with E-state index in [1.165, 1.54) is 0 Å². The molecule has 0 spiro atoms. The molecule has 2 rings (SSSR count). The quantitative estimate of drug-likeness (QED) is 0.630. The summed E-state index contributed by atoms with van der Waals surface area (Å²) in [5, 5.41) is 6.22. The van der Waals surface area contributed by atoms with Gasteiger partial charge in [-0.25, -0.2) is 0 Å². The second kappa shape index (κ2) is 5.91. The molecule has 0 radical (unpaired) electrons. The maximum atomic E-state index is 12.0. The lowest BCUT2D eigenvalue weighted by Crippen LogP contribution is -2.26. The van der Waals surface area contributed by atoms with Crippen LogP contribution in [0, 0.1) is 0 Å². The molecule has 90 valence electrons. The molecule has 17 heavy (non-hydrogen) atoms. The number of benzene rings is 1. The van der Waals surface area contributed by atoms with E-state index in [0.29, 0.717) is 19.7 Å². The highest BCUT2D eigenvalue weighted by molar-refractivity contribution is 7.17. The van der Waals surface area contributed by atoms with Gasteiger partial charge in [0, 0.05) is 23.9 Å². The summed E-state index contributed by atoms with van der Waals surface area (Å²) in [5.41, 5.74) is 0.808. The van der Waals surface area contributed by atoms with E-state index < -0.39 is 0 Å². The molecule has 0 amide bonds. The number of rotatable bonds is 6. The summed E-state index contributed by atoms with van der Waals surface area (Å²) in [7, 11) is 1.65. The van der Waals surface area contributed by atoms with Gasteiger partial charge in [-0.2, -0.15) is 0 Å². The topological polar surface area (TPSA) is 38.3 Å².